The van der Waals surface area contributed by atoms with Gasteiger partial charge in [-0.2, -0.15) is 0 Å². The first kappa shape index (κ1) is 14.2. The van der Waals surface area contributed by atoms with Gasteiger partial charge in [0.05, 0.1) is 0 Å². The van der Waals surface area contributed by atoms with Gasteiger partial charge in [0.2, 0.25) is 6.79 Å². The summed E-state index contributed by atoms with van der Waals surface area (Å²) in [7, 11) is 2.08. The van der Waals surface area contributed by atoms with Crippen LogP contribution in [0.1, 0.15) is 11.4 Å². The third-order valence-corrected chi connectivity index (χ3v) is 3.98. The lowest BCUT2D eigenvalue weighted by Crippen LogP contribution is -2.23. The SMILES string of the molecule is Cc1nccn1CCN(C)Cc1cc2c(cc1Cl)OCO2. The van der Waals surface area contributed by atoms with Crippen molar-refractivity contribution in [1.82, 2.24) is 14.5 Å². The summed E-state index contributed by atoms with van der Waals surface area (Å²) in [6.07, 6.45) is 3.82. The van der Waals surface area contributed by atoms with Gasteiger partial charge in [0.1, 0.15) is 5.82 Å². The molecule has 5 nitrogen and oxygen atoms in total. The van der Waals surface area contributed by atoms with Crippen LogP contribution in [-0.4, -0.2) is 34.8 Å². The second-order valence-corrected chi connectivity index (χ2v) is 5.61. The molecule has 0 radical (unpaired) electrons. The van der Waals surface area contributed by atoms with Crippen molar-refractivity contribution in [3.05, 3.63) is 40.9 Å². The maximum absolute atomic E-state index is 6.30. The summed E-state index contributed by atoms with van der Waals surface area (Å²) in [5.41, 5.74) is 1.05. The van der Waals surface area contributed by atoms with Crippen LogP contribution in [0.25, 0.3) is 0 Å². The Bertz CT molecular complexity index is 642. The molecule has 0 N–H and O–H groups in total. The van der Waals surface area contributed by atoms with E-state index in [1.165, 1.54) is 0 Å². The second kappa shape index (κ2) is 5.95. The second-order valence-electron chi connectivity index (χ2n) is 5.20. The Hall–Kier alpha value is -1.72. The van der Waals surface area contributed by atoms with E-state index in [1.54, 1.807) is 0 Å². The number of hydrogen-bond donors (Lipinski definition) is 0. The van der Waals surface area contributed by atoms with Crippen LogP contribution in [-0.2, 0) is 13.1 Å². The Labute approximate surface area is 129 Å². The molecule has 1 aromatic heterocycles. The van der Waals surface area contributed by atoms with Crippen molar-refractivity contribution >= 4 is 11.6 Å². The lowest BCUT2D eigenvalue weighted by molar-refractivity contribution is 0.174. The molecule has 0 spiro atoms. The summed E-state index contributed by atoms with van der Waals surface area (Å²) in [5.74, 6) is 2.53. The maximum Gasteiger partial charge on any atom is 0.231 e. The van der Waals surface area contributed by atoms with Gasteiger partial charge in [-0.15, -0.1) is 0 Å². The lowest BCUT2D eigenvalue weighted by atomic mass is 10.2. The smallest absolute Gasteiger partial charge is 0.231 e. The lowest BCUT2D eigenvalue weighted by Gasteiger charge is -2.18. The van der Waals surface area contributed by atoms with Gasteiger partial charge in [-0.05, 0) is 25.6 Å². The number of likely N-dealkylation sites (N-methyl/N-ethyl adjacent to an activating group) is 1. The van der Waals surface area contributed by atoms with E-state index in [9.17, 15) is 0 Å². The maximum atomic E-state index is 6.30. The summed E-state index contributed by atoms with van der Waals surface area (Å²) < 4.78 is 12.9. The van der Waals surface area contributed by atoms with Crippen LogP contribution in [0.3, 0.4) is 0 Å². The largest absolute Gasteiger partial charge is 0.454 e. The highest BCUT2D eigenvalue weighted by Gasteiger charge is 2.17. The molecule has 0 aliphatic carbocycles. The third kappa shape index (κ3) is 3.14. The van der Waals surface area contributed by atoms with Crippen molar-refractivity contribution in [2.24, 2.45) is 0 Å². The molecule has 0 amide bonds. The summed E-state index contributed by atoms with van der Waals surface area (Å²) in [6.45, 7) is 4.87. The number of fused-ring (bicyclic) bond motifs is 1. The molecule has 0 saturated heterocycles. The predicted octanol–water partition coefficient (Wildman–Crippen LogP) is 2.71. The molecule has 0 fully saturated rings. The van der Waals surface area contributed by atoms with Gasteiger partial charge in [-0.25, -0.2) is 4.98 Å². The van der Waals surface area contributed by atoms with E-state index in [2.05, 4.69) is 21.5 Å². The molecule has 1 aromatic carbocycles. The molecule has 112 valence electrons. The van der Waals surface area contributed by atoms with Crippen LogP contribution in [0.4, 0.5) is 0 Å². The number of benzene rings is 1. The summed E-state index contributed by atoms with van der Waals surface area (Å²) >= 11 is 6.30. The van der Waals surface area contributed by atoms with Gasteiger partial charge < -0.3 is 18.9 Å². The van der Waals surface area contributed by atoms with Gasteiger partial charge in [0.15, 0.2) is 11.5 Å². The Kier molecular flexibility index (Phi) is 4.03. The summed E-state index contributed by atoms with van der Waals surface area (Å²) in [6, 6.07) is 3.79. The molecular weight excluding hydrogens is 290 g/mol. The van der Waals surface area contributed by atoms with Gasteiger partial charge in [0.25, 0.3) is 0 Å². The minimum atomic E-state index is 0.269. The molecular formula is C15H18ClN3O2. The molecule has 0 saturated carbocycles. The average Bonchev–Trinajstić information content (AvgIpc) is 3.05. The number of imidazole rings is 1. The Morgan fingerprint density at radius 2 is 2.10 bits per heavy atom. The van der Waals surface area contributed by atoms with Crippen molar-refractivity contribution in [2.75, 3.05) is 20.4 Å². The summed E-state index contributed by atoms with van der Waals surface area (Å²) in [5, 5.41) is 0.713. The standard InChI is InChI=1S/C15H18ClN3O2/c1-11-17-3-4-19(11)6-5-18(2)9-12-7-14-15(8-13(12)16)21-10-20-14/h3-4,7-8H,5-6,9-10H2,1-2H3. The number of hydrogen-bond acceptors (Lipinski definition) is 4. The fourth-order valence-electron chi connectivity index (χ4n) is 2.37. The quantitative estimate of drug-likeness (QED) is 0.851. The Morgan fingerprint density at radius 1 is 1.33 bits per heavy atom. The number of halogens is 1. The van der Waals surface area contributed by atoms with Crippen molar-refractivity contribution in [2.45, 2.75) is 20.0 Å². The van der Waals surface area contributed by atoms with E-state index in [1.807, 2.05) is 31.5 Å². The van der Waals surface area contributed by atoms with E-state index in [4.69, 9.17) is 21.1 Å². The highest BCUT2D eigenvalue weighted by atomic mass is 35.5. The topological polar surface area (TPSA) is 39.5 Å². The first-order valence-electron chi connectivity index (χ1n) is 6.88. The van der Waals surface area contributed by atoms with E-state index in [-0.39, 0.29) is 6.79 Å². The van der Waals surface area contributed by atoms with E-state index in [0.717, 1.165) is 42.5 Å². The van der Waals surface area contributed by atoms with E-state index < -0.39 is 0 Å². The van der Waals surface area contributed by atoms with E-state index >= 15 is 0 Å². The first-order chi connectivity index (χ1) is 10.1. The van der Waals surface area contributed by atoms with E-state index in [0.29, 0.717) is 5.02 Å². The zero-order valence-corrected chi connectivity index (χ0v) is 12.9. The molecule has 2 heterocycles. The van der Waals surface area contributed by atoms with Crippen LogP contribution in [0.5, 0.6) is 11.5 Å². The third-order valence-electron chi connectivity index (χ3n) is 3.63. The minimum absolute atomic E-state index is 0.269. The molecule has 2 aromatic rings. The minimum Gasteiger partial charge on any atom is -0.454 e. The zero-order valence-electron chi connectivity index (χ0n) is 12.2. The Balaban J connectivity index is 1.62. The molecule has 0 bridgehead atoms. The number of aryl methyl sites for hydroxylation is 1. The molecule has 1 aliphatic heterocycles. The molecule has 6 heteroatoms. The number of aromatic nitrogens is 2. The predicted molar refractivity (Wildman–Crippen MR) is 80.9 cm³/mol. The molecule has 21 heavy (non-hydrogen) atoms. The fraction of sp³-hybridized carbons (Fsp3) is 0.400. The van der Waals surface area contributed by atoms with Crippen LogP contribution in [0, 0.1) is 6.92 Å². The summed E-state index contributed by atoms with van der Waals surface area (Å²) in [4.78, 5) is 6.45. The molecule has 3 rings (SSSR count). The normalized spacial score (nSPS) is 13.1. The van der Waals surface area contributed by atoms with Crippen molar-refractivity contribution in [1.29, 1.82) is 0 Å². The average molecular weight is 308 g/mol. The van der Waals surface area contributed by atoms with Crippen molar-refractivity contribution in [3.63, 3.8) is 0 Å². The number of ether oxygens (including phenoxy) is 2. The zero-order chi connectivity index (χ0) is 14.8. The van der Waals surface area contributed by atoms with Gasteiger partial charge in [-0.1, -0.05) is 11.6 Å². The molecule has 0 atom stereocenters. The van der Waals surface area contributed by atoms with Crippen LogP contribution in [0.15, 0.2) is 24.5 Å². The van der Waals surface area contributed by atoms with Crippen LogP contribution < -0.4 is 9.47 Å². The van der Waals surface area contributed by atoms with Gasteiger partial charge >= 0.3 is 0 Å². The highest BCUT2D eigenvalue weighted by Crippen LogP contribution is 2.37. The van der Waals surface area contributed by atoms with Gasteiger partial charge in [0, 0.05) is 43.1 Å². The fourth-order valence-corrected chi connectivity index (χ4v) is 2.58. The van der Waals surface area contributed by atoms with Gasteiger partial charge in [-0.3, -0.25) is 0 Å². The first-order valence-corrected chi connectivity index (χ1v) is 7.25. The van der Waals surface area contributed by atoms with Crippen molar-refractivity contribution < 1.29 is 9.47 Å². The molecule has 0 unspecified atom stereocenters. The van der Waals surface area contributed by atoms with Crippen LogP contribution in [0.2, 0.25) is 5.02 Å². The van der Waals surface area contributed by atoms with Crippen molar-refractivity contribution in [3.8, 4) is 11.5 Å². The highest BCUT2D eigenvalue weighted by molar-refractivity contribution is 6.31. The number of rotatable bonds is 5. The van der Waals surface area contributed by atoms with Crippen LogP contribution >= 0.6 is 11.6 Å². The molecule has 1 aliphatic rings. The number of nitrogens with zero attached hydrogens (tertiary/aromatic N) is 3. The monoisotopic (exact) mass is 307 g/mol. The Morgan fingerprint density at radius 3 is 2.81 bits per heavy atom.